The largest absolute Gasteiger partial charge is 0.469 e. The van der Waals surface area contributed by atoms with Gasteiger partial charge >= 0.3 is 23.9 Å². The highest BCUT2D eigenvalue weighted by Crippen LogP contribution is 2.26. The van der Waals surface area contributed by atoms with Gasteiger partial charge in [0.1, 0.15) is 17.7 Å². The quantitative estimate of drug-likeness (QED) is 0.0136. The maximum atomic E-state index is 13.2. The molecule has 7 N–H and O–H groups in total. The number of methoxy groups -OCH3 is 4. The minimum Gasteiger partial charge on any atom is -0.469 e. The number of nitrogens with zero attached hydrogens (tertiary/aromatic N) is 7. The molecule has 8 unspecified atom stereocenters. The molecular weight excluding hydrogens is 1570 g/mol. The number of likely N-dealkylation sites (tertiary alicyclic amines) is 4. The van der Waals surface area contributed by atoms with E-state index in [0.29, 0.717) is 69.7 Å². The van der Waals surface area contributed by atoms with Gasteiger partial charge in [-0.25, -0.2) is 0 Å². The summed E-state index contributed by atoms with van der Waals surface area (Å²) < 4.78 is 49.7. The zero-order valence-electron chi connectivity index (χ0n) is 67.7. The molecule has 0 saturated carbocycles. The van der Waals surface area contributed by atoms with Gasteiger partial charge in [0.15, 0.2) is 0 Å². The fourth-order valence-electron chi connectivity index (χ4n) is 13.0. The van der Waals surface area contributed by atoms with Crippen molar-refractivity contribution >= 4 is 118 Å². The monoisotopic (exact) mass is 1690 g/mol. The van der Waals surface area contributed by atoms with E-state index in [1.54, 1.807) is 0 Å². The van der Waals surface area contributed by atoms with Gasteiger partial charge in [0.25, 0.3) is 0 Å². The Balaban J connectivity index is 1.16. The smallest absolute Gasteiger partial charge is 0.310 e. The van der Waals surface area contributed by atoms with Crippen molar-refractivity contribution in [3.63, 3.8) is 0 Å². The molecule has 115 heavy (non-hydrogen) atoms. The van der Waals surface area contributed by atoms with Crippen molar-refractivity contribution in [1.29, 1.82) is 0 Å². The minimum absolute atomic E-state index is 0.0103. The maximum absolute atomic E-state index is 13.2. The Kier molecular flexibility index (Phi) is 47.7. The molecule has 40 heteroatoms. The topological polar surface area (TPSA) is 457 Å². The molecule has 5 saturated heterocycles. The van der Waals surface area contributed by atoms with E-state index >= 15 is 0 Å². The SMILES string of the molecule is COC(=O)C1CC(=O)N(CCNC(=O)CCN(CCSCC(O)COCC(COCC(O)CSCCN(CCC(C)=O)CCC(=O)NCCN2CC(C(=O)OC)CC2=O)(COCC(O)CSCCN(CCC(=O)NCCN2CC(C(=O)OC)CC2=O)CCC(=O)NCCN2CC(C(=O)OC)CC2=O)COCC2CO2)CCC(C)=O)C1. The van der Waals surface area contributed by atoms with Crippen molar-refractivity contribution in [3.05, 3.63) is 0 Å². The number of esters is 4. The van der Waals surface area contributed by atoms with E-state index in [9.17, 15) is 82.4 Å². The molecule has 0 aromatic carbocycles. The molecule has 654 valence electrons. The molecule has 0 aliphatic carbocycles. The number of epoxide rings is 1. The van der Waals surface area contributed by atoms with Crippen LogP contribution in [-0.2, 0) is 110 Å². The molecule has 5 aliphatic rings. The Morgan fingerprint density at radius 2 is 0.670 bits per heavy atom. The predicted molar refractivity (Wildman–Crippen MR) is 423 cm³/mol. The minimum atomic E-state index is -1.07. The first-order valence-electron chi connectivity index (χ1n) is 39.5. The van der Waals surface area contributed by atoms with E-state index in [4.69, 9.17) is 42.6 Å². The Hall–Kier alpha value is -6.41. The molecule has 5 aliphatic heterocycles. The lowest BCUT2D eigenvalue weighted by Gasteiger charge is -2.34. The van der Waals surface area contributed by atoms with Gasteiger partial charge in [-0.2, -0.15) is 35.3 Å². The Morgan fingerprint density at radius 3 is 0.913 bits per heavy atom. The van der Waals surface area contributed by atoms with Gasteiger partial charge < -0.3 is 114 Å². The molecule has 0 radical (unpaired) electrons. The van der Waals surface area contributed by atoms with E-state index in [0.717, 1.165) is 0 Å². The van der Waals surface area contributed by atoms with Crippen LogP contribution in [-0.4, -0.2) is 417 Å². The Morgan fingerprint density at radius 1 is 0.417 bits per heavy atom. The van der Waals surface area contributed by atoms with Crippen LogP contribution < -0.4 is 21.3 Å². The van der Waals surface area contributed by atoms with Gasteiger partial charge in [0, 0.05) is 236 Å². The van der Waals surface area contributed by atoms with E-state index in [-0.39, 0.29) is 291 Å². The lowest BCUT2D eigenvalue weighted by molar-refractivity contribution is -0.145. The second kappa shape index (κ2) is 55.4. The number of Topliss-reactive ketones (excluding diaryl/α,β-unsaturated/α-hetero) is 2. The number of ketones is 2. The second-order valence-corrected chi connectivity index (χ2v) is 33.0. The zero-order valence-corrected chi connectivity index (χ0v) is 70.2. The predicted octanol–water partition coefficient (Wildman–Crippen LogP) is -3.30. The van der Waals surface area contributed by atoms with Crippen molar-refractivity contribution in [2.75, 3.05) is 260 Å². The highest BCUT2D eigenvalue weighted by molar-refractivity contribution is 7.99. The Labute approximate surface area is 686 Å². The van der Waals surface area contributed by atoms with Crippen LogP contribution in [0.25, 0.3) is 0 Å². The molecule has 8 amide bonds. The Bertz CT molecular complexity index is 2920. The first-order valence-corrected chi connectivity index (χ1v) is 42.9. The lowest BCUT2D eigenvalue weighted by Crippen LogP contribution is -2.44. The van der Waals surface area contributed by atoms with Crippen LogP contribution in [0.3, 0.4) is 0 Å². The number of carbonyl (C=O) groups is 14. The van der Waals surface area contributed by atoms with Gasteiger partial charge in [-0.05, 0) is 13.8 Å². The summed E-state index contributed by atoms with van der Waals surface area (Å²) in [5, 5.41) is 45.4. The number of hydrogen-bond donors (Lipinski definition) is 7. The molecule has 5 fully saturated rings. The first kappa shape index (κ1) is 99.2. The van der Waals surface area contributed by atoms with Crippen LogP contribution in [0.15, 0.2) is 0 Å². The summed E-state index contributed by atoms with van der Waals surface area (Å²) >= 11 is 4.33. The summed E-state index contributed by atoms with van der Waals surface area (Å²) in [7, 11) is 5.07. The number of amides is 8. The number of ether oxygens (including phenoxy) is 9. The third-order valence-corrected chi connectivity index (χ3v) is 23.1. The summed E-state index contributed by atoms with van der Waals surface area (Å²) in [5.74, 6) is -3.66. The van der Waals surface area contributed by atoms with Crippen molar-refractivity contribution in [1.82, 2.24) is 55.6 Å². The highest BCUT2D eigenvalue weighted by atomic mass is 32.2. The van der Waals surface area contributed by atoms with Crippen LogP contribution in [0.1, 0.15) is 78.1 Å². The van der Waals surface area contributed by atoms with Crippen LogP contribution in [0.5, 0.6) is 0 Å². The zero-order chi connectivity index (χ0) is 84.1. The average molecular weight is 1690 g/mol. The molecule has 8 atom stereocenters. The van der Waals surface area contributed by atoms with Gasteiger partial charge in [-0.1, -0.05) is 0 Å². The summed E-state index contributed by atoms with van der Waals surface area (Å²) in [6.45, 7) is 9.17. The summed E-state index contributed by atoms with van der Waals surface area (Å²) in [4.78, 5) is 186. The number of hydrogen-bond acceptors (Lipinski definition) is 32. The molecule has 5 heterocycles. The van der Waals surface area contributed by atoms with Gasteiger partial charge in [-0.3, -0.25) is 67.1 Å². The van der Waals surface area contributed by atoms with Crippen molar-refractivity contribution < 1.29 is 125 Å². The summed E-state index contributed by atoms with van der Waals surface area (Å²) in [6.07, 6.45) is -1.89. The van der Waals surface area contributed by atoms with E-state index in [2.05, 4.69) is 21.3 Å². The molecule has 0 aromatic rings. The number of rotatable bonds is 65. The number of nitrogens with one attached hydrogen (secondary N) is 4. The average Bonchev–Trinajstić information content (AvgIpc) is 1.84. The van der Waals surface area contributed by atoms with Crippen molar-refractivity contribution in [3.8, 4) is 0 Å². The van der Waals surface area contributed by atoms with Gasteiger partial charge in [-0.15, -0.1) is 0 Å². The third-order valence-electron chi connectivity index (χ3n) is 19.8. The van der Waals surface area contributed by atoms with Crippen LogP contribution >= 0.6 is 35.3 Å². The van der Waals surface area contributed by atoms with Gasteiger partial charge in [0.2, 0.25) is 47.3 Å². The number of aliphatic hydroxyl groups excluding tert-OH is 3. The van der Waals surface area contributed by atoms with Crippen molar-refractivity contribution in [2.24, 2.45) is 29.1 Å². The maximum Gasteiger partial charge on any atom is 0.310 e. The van der Waals surface area contributed by atoms with E-state index in [1.165, 1.54) is 97.2 Å². The van der Waals surface area contributed by atoms with Gasteiger partial charge in [0.05, 0.1) is 135 Å². The third kappa shape index (κ3) is 40.7. The molecule has 0 spiro atoms. The molecule has 37 nitrogen and oxygen atoms in total. The summed E-state index contributed by atoms with van der Waals surface area (Å²) in [5.41, 5.74) is -1.07. The van der Waals surface area contributed by atoms with Crippen LogP contribution in [0, 0.1) is 29.1 Å². The van der Waals surface area contributed by atoms with Crippen molar-refractivity contribution in [2.45, 2.75) is 102 Å². The lowest BCUT2D eigenvalue weighted by atomic mass is 9.92. The highest BCUT2D eigenvalue weighted by Gasteiger charge is 2.40. The normalized spacial score (nSPS) is 19.4. The second-order valence-electron chi connectivity index (χ2n) is 29.6. The molecular formula is C75H125N11O26S3. The van der Waals surface area contributed by atoms with Crippen LogP contribution in [0.2, 0.25) is 0 Å². The molecule has 0 aromatic heterocycles. The molecule has 5 rings (SSSR count). The number of thioether (sulfide) groups is 3. The number of carbonyl (C=O) groups excluding carboxylic acids is 14. The summed E-state index contributed by atoms with van der Waals surface area (Å²) in [6, 6.07) is 0. The standard InChI is InChI=1S/C75H125N11O26S3/c1-53(87)7-17-80(19-9-63(92)76-13-23-83-37-55(33-67(83)96)71(100)104-3)27-30-113-46-59(89)41-108-49-75(52-111-44-62-45-112-62,50-109-42-60(90)47-114-31-28-81(18-8-54(2)88)20-10-64(93)77-14-24-84-38-56(34-68(84)97)72(101)105-4)51-110-43-61(91)48-115-32-29-82(21-11-65(94)78-15-25-85-39-57(35-69(85)98)73(102)106-5)22-12-66(95)79-16-26-86-40-58(36-70(86)99)74(103)107-6/h55-62,89-91H,7-52H2,1-6H3,(H,76,92)(H,77,93)(H,78,94)(H,79,95). The fraction of sp³-hybridized carbons (Fsp3) is 0.813. The fourth-order valence-corrected chi connectivity index (χ4v) is 15.8. The first-order chi connectivity index (χ1) is 55.1. The van der Waals surface area contributed by atoms with Crippen LogP contribution in [0.4, 0.5) is 0 Å². The molecule has 0 bridgehead atoms. The van der Waals surface area contributed by atoms with E-state index in [1.807, 2.05) is 14.7 Å². The number of aliphatic hydroxyl groups is 3. The van der Waals surface area contributed by atoms with E-state index < -0.39 is 71.3 Å².